The lowest BCUT2D eigenvalue weighted by molar-refractivity contribution is -0.0435. The number of hydrogen-bond acceptors (Lipinski definition) is 4. The van der Waals surface area contributed by atoms with Crippen molar-refractivity contribution in [2.45, 2.75) is 16.9 Å². The van der Waals surface area contributed by atoms with Gasteiger partial charge in [0, 0.05) is 12.1 Å². The topological polar surface area (TPSA) is 66.4 Å². The molecule has 0 bridgehead atoms. The van der Waals surface area contributed by atoms with E-state index < -0.39 is 31.7 Å². The number of rotatable bonds is 4. The van der Waals surface area contributed by atoms with Crippen molar-refractivity contribution in [3.05, 3.63) is 53.8 Å². The Morgan fingerprint density at radius 2 is 1.74 bits per heavy atom. The Bertz CT molecular complexity index is 819. The summed E-state index contributed by atoms with van der Waals surface area (Å²) in [7, 11) is -5.71. The average Bonchev–Trinajstić information content (AvgIpc) is 2.46. The second-order valence-electron chi connectivity index (χ2n) is 4.57. The Labute approximate surface area is 129 Å². The number of nitrogens with one attached hydrogen (secondary N) is 1. The molecule has 0 heterocycles. The van der Waals surface area contributed by atoms with Gasteiger partial charge in [-0.3, -0.25) is 0 Å². The van der Waals surface area contributed by atoms with E-state index >= 15 is 0 Å². The number of phenolic OH excluding ortho intramolecular Hbond substituents is 1. The first-order valence-electron chi connectivity index (χ1n) is 6.24. The van der Waals surface area contributed by atoms with Crippen LogP contribution in [0.2, 0.25) is 0 Å². The number of benzene rings is 2. The van der Waals surface area contributed by atoms with Gasteiger partial charge >= 0.3 is 5.51 Å². The predicted molar refractivity (Wildman–Crippen MR) is 75.1 cm³/mol. The van der Waals surface area contributed by atoms with Crippen LogP contribution in [0.3, 0.4) is 0 Å². The molecule has 0 saturated heterocycles. The minimum atomic E-state index is -5.71. The number of hydrogen-bond donors (Lipinski definition) is 2. The molecule has 0 radical (unpaired) electrons. The molecule has 0 spiro atoms. The van der Waals surface area contributed by atoms with Crippen LogP contribution in [-0.4, -0.2) is 19.0 Å². The second kappa shape index (κ2) is 6.07. The lowest BCUT2D eigenvalue weighted by Gasteiger charge is -2.15. The summed E-state index contributed by atoms with van der Waals surface area (Å²) in [6, 6.07) is 8.05. The van der Waals surface area contributed by atoms with Crippen LogP contribution >= 0.6 is 0 Å². The van der Waals surface area contributed by atoms with Crippen molar-refractivity contribution in [1.82, 2.24) is 0 Å². The Morgan fingerprint density at radius 1 is 1.09 bits per heavy atom. The fraction of sp³-hybridized carbons (Fsp3) is 0.143. The van der Waals surface area contributed by atoms with Crippen LogP contribution in [-0.2, 0) is 16.4 Å². The van der Waals surface area contributed by atoms with Gasteiger partial charge in [-0.15, -0.1) is 0 Å². The first-order chi connectivity index (χ1) is 10.6. The molecule has 0 unspecified atom stereocenters. The lowest BCUT2D eigenvalue weighted by atomic mass is 10.2. The summed E-state index contributed by atoms with van der Waals surface area (Å²) in [5.74, 6) is -1.22. The highest BCUT2D eigenvalue weighted by Crippen LogP contribution is 2.35. The number of para-hydroxylation sites is 1. The predicted octanol–water partition coefficient (Wildman–Crippen LogP) is 3.44. The van der Waals surface area contributed by atoms with E-state index in [1.165, 1.54) is 12.1 Å². The molecule has 2 rings (SSSR count). The average molecular weight is 349 g/mol. The molecule has 124 valence electrons. The molecule has 4 nitrogen and oxygen atoms in total. The number of sulfone groups is 1. The number of phenols is 1. The summed E-state index contributed by atoms with van der Waals surface area (Å²) in [4.78, 5) is -1.21. The summed E-state index contributed by atoms with van der Waals surface area (Å²) in [5.41, 5.74) is -5.62. The fourth-order valence-electron chi connectivity index (χ4n) is 1.84. The zero-order valence-electron chi connectivity index (χ0n) is 11.4. The van der Waals surface area contributed by atoms with E-state index in [4.69, 9.17) is 0 Å². The molecule has 2 aromatic rings. The third-order valence-corrected chi connectivity index (χ3v) is 4.53. The van der Waals surface area contributed by atoms with Crippen LogP contribution in [0.15, 0.2) is 47.4 Å². The summed E-state index contributed by atoms with van der Waals surface area (Å²) >= 11 is 0. The Morgan fingerprint density at radius 3 is 2.35 bits per heavy atom. The number of anilines is 1. The van der Waals surface area contributed by atoms with E-state index in [9.17, 15) is 31.1 Å². The van der Waals surface area contributed by atoms with Crippen molar-refractivity contribution < 1.29 is 31.1 Å². The molecule has 0 fully saturated rings. The molecule has 0 aliphatic carbocycles. The van der Waals surface area contributed by atoms with Gasteiger partial charge in [-0.1, -0.05) is 18.2 Å². The van der Waals surface area contributed by atoms with Gasteiger partial charge in [-0.05, 0) is 24.3 Å². The van der Waals surface area contributed by atoms with Crippen molar-refractivity contribution in [2.75, 3.05) is 5.32 Å². The maximum Gasteiger partial charge on any atom is 0.501 e. The smallest absolute Gasteiger partial charge is 0.501 e. The second-order valence-corrected chi connectivity index (χ2v) is 6.48. The normalized spacial score (nSPS) is 12.2. The molecule has 0 saturated carbocycles. The number of aromatic hydroxyl groups is 1. The molecular formula is C14H11F4NO3S. The maximum atomic E-state index is 13.2. The van der Waals surface area contributed by atoms with Crippen molar-refractivity contribution in [1.29, 1.82) is 0 Å². The van der Waals surface area contributed by atoms with Crippen molar-refractivity contribution in [2.24, 2.45) is 0 Å². The summed E-state index contributed by atoms with van der Waals surface area (Å²) in [6.07, 6.45) is 0. The van der Waals surface area contributed by atoms with E-state index in [0.29, 0.717) is 11.6 Å². The Balaban J connectivity index is 2.39. The van der Waals surface area contributed by atoms with Gasteiger partial charge in [0.25, 0.3) is 9.84 Å². The molecule has 0 aromatic heterocycles. The third-order valence-electron chi connectivity index (χ3n) is 3.00. The van der Waals surface area contributed by atoms with Gasteiger partial charge in [-0.2, -0.15) is 13.2 Å². The minimum absolute atomic E-state index is 0.109. The molecule has 0 atom stereocenters. The highest BCUT2D eigenvalue weighted by molar-refractivity contribution is 7.92. The van der Waals surface area contributed by atoms with Crippen molar-refractivity contribution in [3.63, 3.8) is 0 Å². The summed E-state index contributed by atoms with van der Waals surface area (Å²) < 4.78 is 74.3. The lowest BCUT2D eigenvalue weighted by Crippen LogP contribution is -2.24. The first kappa shape index (κ1) is 17.1. The SMILES string of the molecule is O=S(=O)(c1cc(F)ccc1NCc1ccccc1O)C(F)(F)F. The van der Waals surface area contributed by atoms with Gasteiger partial charge in [-0.25, -0.2) is 12.8 Å². The van der Waals surface area contributed by atoms with E-state index in [-0.39, 0.29) is 12.3 Å². The number of alkyl halides is 3. The zero-order chi connectivity index (χ0) is 17.3. The zero-order valence-corrected chi connectivity index (χ0v) is 12.2. The van der Waals surface area contributed by atoms with Crippen LogP contribution in [0.1, 0.15) is 5.56 Å². The summed E-state index contributed by atoms with van der Waals surface area (Å²) in [5, 5.41) is 12.1. The van der Waals surface area contributed by atoms with Crippen LogP contribution in [0.25, 0.3) is 0 Å². The van der Waals surface area contributed by atoms with E-state index in [1.807, 2.05) is 0 Å². The molecule has 0 amide bonds. The quantitative estimate of drug-likeness (QED) is 0.830. The van der Waals surface area contributed by atoms with Crippen LogP contribution in [0.5, 0.6) is 5.75 Å². The van der Waals surface area contributed by atoms with E-state index in [0.717, 1.165) is 12.1 Å². The highest BCUT2D eigenvalue weighted by atomic mass is 32.2. The summed E-state index contributed by atoms with van der Waals surface area (Å²) in [6.45, 7) is -0.140. The Hall–Kier alpha value is -2.29. The molecular weight excluding hydrogens is 338 g/mol. The first-order valence-corrected chi connectivity index (χ1v) is 7.73. The number of halogens is 4. The highest BCUT2D eigenvalue weighted by Gasteiger charge is 2.48. The van der Waals surface area contributed by atoms with Gasteiger partial charge < -0.3 is 10.4 Å². The van der Waals surface area contributed by atoms with Gasteiger partial charge in [0.05, 0.1) is 5.69 Å². The van der Waals surface area contributed by atoms with Crippen LogP contribution in [0.4, 0.5) is 23.2 Å². The van der Waals surface area contributed by atoms with Crippen LogP contribution < -0.4 is 5.32 Å². The van der Waals surface area contributed by atoms with E-state index in [1.54, 1.807) is 12.1 Å². The Kier molecular flexibility index (Phi) is 4.51. The molecule has 2 aromatic carbocycles. The van der Waals surface area contributed by atoms with Gasteiger partial charge in [0.1, 0.15) is 16.5 Å². The molecule has 2 N–H and O–H groups in total. The molecule has 0 aliphatic rings. The van der Waals surface area contributed by atoms with Crippen molar-refractivity contribution >= 4 is 15.5 Å². The molecule has 23 heavy (non-hydrogen) atoms. The molecule has 9 heteroatoms. The third kappa shape index (κ3) is 3.55. The maximum absolute atomic E-state index is 13.2. The van der Waals surface area contributed by atoms with E-state index in [2.05, 4.69) is 5.32 Å². The van der Waals surface area contributed by atoms with Gasteiger partial charge in [0.15, 0.2) is 0 Å². The monoisotopic (exact) mass is 349 g/mol. The van der Waals surface area contributed by atoms with Crippen LogP contribution in [0, 0.1) is 5.82 Å². The van der Waals surface area contributed by atoms with Gasteiger partial charge in [0.2, 0.25) is 0 Å². The standard InChI is InChI=1S/C14H11F4NO3S/c15-10-5-6-11(13(7-10)23(21,22)14(16,17)18)19-8-9-3-1-2-4-12(9)20/h1-7,19-20H,8H2. The molecule has 0 aliphatic heterocycles. The largest absolute Gasteiger partial charge is 0.508 e. The van der Waals surface area contributed by atoms with Crippen molar-refractivity contribution in [3.8, 4) is 5.75 Å². The fourth-order valence-corrected chi connectivity index (χ4v) is 2.79. The minimum Gasteiger partial charge on any atom is -0.508 e.